The van der Waals surface area contributed by atoms with Crippen LogP contribution < -0.4 is 0 Å². The van der Waals surface area contributed by atoms with Crippen LogP contribution in [-0.4, -0.2) is 60.3 Å². The lowest BCUT2D eigenvalue weighted by atomic mass is 10.1. The molecule has 1 aromatic rings. The standard InChI is InChI=1S/C19H28N2O5S/c1-4-15(3)21(13-18(22)23)19(24)17-12-16(9-8-14(17)2)27(25,26)20-10-6-5-7-11-20/h8-9,12,15H,4-7,10-11,13H2,1-3H3,(H,22,23). The summed E-state index contributed by atoms with van der Waals surface area (Å²) in [5.41, 5.74) is 0.853. The summed E-state index contributed by atoms with van der Waals surface area (Å²) >= 11 is 0. The smallest absolute Gasteiger partial charge is 0.323 e. The first-order chi connectivity index (χ1) is 12.7. The normalized spacial score (nSPS) is 16.7. The first-order valence-corrected chi connectivity index (χ1v) is 10.8. The van der Waals surface area contributed by atoms with Crippen molar-refractivity contribution in [2.45, 2.75) is 57.4 Å². The molecule has 27 heavy (non-hydrogen) atoms. The summed E-state index contributed by atoms with van der Waals surface area (Å²) in [5.74, 6) is -1.56. The second-order valence-electron chi connectivity index (χ2n) is 7.03. The summed E-state index contributed by atoms with van der Waals surface area (Å²) in [6, 6.07) is 4.25. The monoisotopic (exact) mass is 396 g/mol. The molecule has 2 rings (SSSR count). The van der Waals surface area contributed by atoms with E-state index in [1.54, 1.807) is 19.9 Å². The van der Waals surface area contributed by atoms with E-state index in [4.69, 9.17) is 5.11 Å². The quantitative estimate of drug-likeness (QED) is 0.764. The van der Waals surface area contributed by atoms with Gasteiger partial charge in [0.05, 0.1) is 4.90 Å². The highest BCUT2D eigenvalue weighted by atomic mass is 32.2. The fourth-order valence-electron chi connectivity index (χ4n) is 3.19. The highest BCUT2D eigenvalue weighted by molar-refractivity contribution is 7.89. The first kappa shape index (κ1) is 21.4. The molecule has 0 radical (unpaired) electrons. The Hall–Kier alpha value is -1.93. The molecular formula is C19H28N2O5S. The molecule has 0 aromatic heterocycles. The second-order valence-corrected chi connectivity index (χ2v) is 8.96. The van der Waals surface area contributed by atoms with Gasteiger partial charge in [0.15, 0.2) is 0 Å². The van der Waals surface area contributed by atoms with Crippen molar-refractivity contribution < 1.29 is 23.1 Å². The summed E-state index contributed by atoms with van der Waals surface area (Å²) in [5, 5.41) is 9.15. The van der Waals surface area contributed by atoms with Crippen LogP contribution in [0.15, 0.2) is 23.1 Å². The molecule has 7 nitrogen and oxygen atoms in total. The number of amides is 1. The lowest BCUT2D eigenvalue weighted by Gasteiger charge is -2.28. The van der Waals surface area contributed by atoms with Gasteiger partial charge in [-0.15, -0.1) is 0 Å². The average molecular weight is 397 g/mol. The van der Waals surface area contributed by atoms with Crippen LogP contribution in [0.4, 0.5) is 0 Å². The number of rotatable bonds is 7. The molecule has 1 heterocycles. The molecular weight excluding hydrogens is 368 g/mol. The van der Waals surface area contributed by atoms with Gasteiger partial charge in [0.25, 0.3) is 5.91 Å². The van der Waals surface area contributed by atoms with E-state index in [1.807, 2.05) is 6.92 Å². The Balaban J connectivity index is 2.40. The SMILES string of the molecule is CCC(C)N(CC(=O)O)C(=O)c1cc(S(=O)(=O)N2CCCCC2)ccc1C. The van der Waals surface area contributed by atoms with E-state index < -0.39 is 28.4 Å². The maximum atomic E-state index is 13.0. The van der Waals surface area contributed by atoms with Crippen molar-refractivity contribution in [3.8, 4) is 0 Å². The van der Waals surface area contributed by atoms with Gasteiger partial charge in [0.2, 0.25) is 10.0 Å². The number of carbonyl (C=O) groups is 2. The first-order valence-electron chi connectivity index (χ1n) is 9.32. The Labute approximate surface area is 161 Å². The number of benzene rings is 1. The predicted octanol–water partition coefficient (Wildman–Crippen LogP) is 2.49. The topological polar surface area (TPSA) is 95.0 Å². The van der Waals surface area contributed by atoms with E-state index in [9.17, 15) is 18.0 Å². The molecule has 1 aliphatic heterocycles. The van der Waals surface area contributed by atoms with Gasteiger partial charge in [-0.2, -0.15) is 4.31 Å². The van der Waals surface area contributed by atoms with Crippen molar-refractivity contribution in [3.63, 3.8) is 0 Å². The van der Waals surface area contributed by atoms with Crippen LogP contribution in [0, 0.1) is 6.92 Å². The fourth-order valence-corrected chi connectivity index (χ4v) is 4.74. The van der Waals surface area contributed by atoms with Crippen molar-refractivity contribution in [1.82, 2.24) is 9.21 Å². The van der Waals surface area contributed by atoms with Crippen LogP contribution in [-0.2, 0) is 14.8 Å². The lowest BCUT2D eigenvalue weighted by molar-refractivity contribution is -0.138. The van der Waals surface area contributed by atoms with Gasteiger partial charge in [-0.25, -0.2) is 8.42 Å². The highest BCUT2D eigenvalue weighted by Gasteiger charge is 2.29. The van der Waals surface area contributed by atoms with Gasteiger partial charge < -0.3 is 10.0 Å². The minimum absolute atomic E-state index is 0.0813. The lowest BCUT2D eigenvalue weighted by Crippen LogP contribution is -2.42. The predicted molar refractivity (Wildman–Crippen MR) is 102 cm³/mol. The Morgan fingerprint density at radius 1 is 1.22 bits per heavy atom. The zero-order chi connectivity index (χ0) is 20.2. The molecule has 1 aromatic carbocycles. The van der Waals surface area contributed by atoms with E-state index in [2.05, 4.69) is 0 Å². The number of carboxylic acids is 1. The van der Waals surface area contributed by atoms with Crippen molar-refractivity contribution in [1.29, 1.82) is 0 Å². The molecule has 0 aliphatic carbocycles. The van der Waals surface area contributed by atoms with Crippen LogP contribution in [0.25, 0.3) is 0 Å². The fraction of sp³-hybridized carbons (Fsp3) is 0.579. The number of sulfonamides is 1. The number of aliphatic carboxylic acids is 1. The van der Waals surface area contributed by atoms with Crippen molar-refractivity contribution >= 4 is 21.9 Å². The number of hydrogen-bond acceptors (Lipinski definition) is 4. The summed E-state index contributed by atoms with van der Waals surface area (Å²) in [6.45, 7) is 5.92. The molecule has 1 aliphatic rings. The maximum absolute atomic E-state index is 13.0. The van der Waals surface area contributed by atoms with Crippen molar-refractivity contribution in [3.05, 3.63) is 29.3 Å². The Morgan fingerprint density at radius 3 is 2.41 bits per heavy atom. The van der Waals surface area contributed by atoms with Gasteiger partial charge in [-0.3, -0.25) is 9.59 Å². The third kappa shape index (κ3) is 4.87. The van der Waals surface area contributed by atoms with Crippen LogP contribution in [0.5, 0.6) is 0 Å². The molecule has 1 N–H and O–H groups in total. The summed E-state index contributed by atoms with van der Waals surface area (Å²) in [7, 11) is -3.66. The number of hydrogen-bond donors (Lipinski definition) is 1. The molecule has 0 saturated carbocycles. The third-order valence-corrected chi connectivity index (χ3v) is 6.98. The largest absolute Gasteiger partial charge is 0.480 e. The van der Waals surface area contributed by atoms with E-state index in [1.165, 1.54) is 21.3 Å². The molecule has 0 spiro atoms. The van der Waals surface area contributed by atoms with Gasteiger partial charge in [0, 0.05) is 24.7 Å². The van der Waals surface area contributed by atoms with Crippen molar-refractivity contribution in [2.24, 2.45) is 0 Å². The summed E-state index contributed by atoms with van der Waals surface area (Å²) < 4.78 is 27.3. The van der Waals surface area contributed by atoms with Crippen molar-refractivity contribution in [2.75, 3.05) is 19.6 Å². The Kier molecular flexibility index (Phi) is 7.00. The second kappa shape index (κ2) is 8.84. The number of carbonyl (C=O) groups excluding carboxylic acids is 1. The molecule has 150 valence electrons. The minimum Gasteiger partial charge on any atom is -0.480 e. The van der Waals surface area contributed by atoms with Gasteiger partial charge >= 0.3 is 5.97 Å². The number of piperidine rings is 1. The number of nitrogens with zero attached hydrogens (tertiary/aromatic N) is 2. The van der Waals surface area contributed by atoms with Gasteiger partial charge in [-0.1, -0.05) is 19.4 Å². The molecule has 8 heteroatoms. The van der Waals surface area contributed by atoms with Gasteiger partial charge in [-0.05, 0) is 50.8 Å². The Bertz CT molecular complexity index is 800. The summed E-state index contributed by atoms with van der Waals surface area (Å²) in [6.07, 6.45) is 3.28. The molecule has 1 amide bonds. The molecule has 1 unspecified atom stereocenters. The third-order valence-electron chi connectivity index (χ3n) is 5.08. The highest BCUT2D eigenvalue weighted by Crippen LogP contribution is 2.24. The zero-order valence-electron chi connectivity index (χ0n) is 16.1. The molecule has 0 bridgehead atoms. The van der Waals surface area contributed by atoms with E-state index in [-0.39, 0.29) is 16.5 Å². The number of carboxylic acid groups (broad SMARTS) is 1. The maximum Gasteiger partial charge on any atom is 0.323 e. The van der Waals surface area contributed by atoms with E-state index in [0.717, 1.165) is 19.3 Å². The molecule has 1 fully saturated rings. The van der Waals surface area contributed by atoms with Crippen LogP contribution in [0.1, 0.15) is 55.5 Å². The van der Waals surface area contributed by atoms with Crippen LogP contribution in [0.2, 0.25) is 0 Å². The molecule has 1 saturated heterocycles. The van der Waals surface area contributed by atoms with Crippen LogP contribution >= 0.6 is 0 Å². The zero-order valence-corrected chi connectivity index (χ0v) is 17.0. The van der Waals surface area contributed by atoms with Gasteiger partial charge in [0.1, 0.15) is 6.54 Å². The van der Waals surface area contributed by atoms with Crippen LogP contribution in [0.3, 0.4) is 0 Å². The number of aryl methyl sites for hydroxylation is 1. The van der Waals surface area contributed by atoms with E-state index in [0.29, 0.717) is 25.1 Å². The minimum atomic E-state index is -3.66. The van der Waals surface area contributed by atoms with E-state index >= 15 is 0 Å². The Morgan fingerprint density at radius 2 is 1.85 bits per heavy atom. The summed E-state index contributed by atoms with van der Waals surface area (Å²) in [4.78, 5) is 25.6. The average Bonchev–Trinajstić information content (AvgIpc) is 2.65. The molecule has 1 atom stereocenters.